The fraction of sp³-hybridized carbons (Fsp3) is 0.348. The van der Waals surface area contributed by atoms with Gasteiger partial charge in [-0.25, -0.2) is 4.98 Å². The molecule has 31 heavy (non-hydrogen) atoms. The Morgan fingerprint density at radius 1 is 1.23 bits per heavy atom. The minimum absolute atomic E-state index is 0.189. The number of thiazole rings is 1. The Morgan fingerprint density at radius 2 is 2.13 bits per heavy atom. The maximum absolute atomic E-state index is 11.9. The third kappa shape index (κ3) is 3.45. The second-order valence-corrected chi connectivity index (χ2v) is 9.30. The van der Waals surface area contributed by atoms with Gasteiger partial charge in [-0.15, -0.1) is 0 Å². The molecule has 1 aromatic carbocycles. The van der Waals surface area contributed by atoms with Crippen molar-refractivity contribution in [3.63, 3.8) is 0 Å². The number of pyridine rings is 1. The summed E-state index contributed by atoms with van der Waals surface area (Å²) in [6, 6.07) is 12.6. The first-order chi connectivity index (χ1) is 15.1. The molecule has 0 N–H and O–H groups in total. The molecule has 3 aromatic heterocycles. The Bertz CT molecular complexity index is 1250. The number of piperidine rings is 2. The van der Waals surface area contributed by atoms with Crippen molar-refractivity contribution in [1.29, 1.82) is 0 Å². The molecule has 0 spiro atoms. The molecule has 3 aliphatic heterocycles. The SMILES string of the molecule is CC(=O)N1C[C@@H]2CC[C@H]1CN2Cc1cc2ccc(Oc3nc4ncccc4s3)cc2o1. The van der Waals surface area contributed by atoms with Crippen molar-refractivity contribution in [3.8, 4) is 10.9 Å². The Balaban J connectivity index is 1.19. The number of rotatable bonds is 4. The summed E-state index contributed by atoms with van der Waals surface area (Å²) in [5.74, 6) is 1.83. The molecule has 1 amide bonds. The molecular weight excluding hydrogens is 412 g/mol. The van der Waals surface area contributed by atoms with E-state index in [4.69, 9.17) is 9.15 Å². The van der Waals surface area contributed by atoms with Gasteiger partial charge in [0, 0.05) is 49.7 Å². The maximum atomic E-state index is 11.9. The van der Waals surface area contributed by atoms with Crippen LogP contribution in [0.25, 0.3) is 21.3 Å². The number of hydrogen-bond donors (Lipinski definition) is 0. The Hall–Kier alpha value is -2.97. The number of carbonyl (C=O) groups excluding carboxylic acids is 1. The lowest BCUT2D eigenvalue weighted by molar-refractivity contribution is -0.139. The maximum Gasteiger partial charge on any atom is 0.281 e. The highest BCUT2D eigenvalue weighted by atomic mass is 32.1. The van der Waals surface area contributed by atoms with Crippen LogP contribution in [0.3, 0.4) is 0 Å². The van der Waals surface area contributed by atoms with Crippen LogP contribution in [0.1, 0.15) is 25.5 Å². The first-order valence-corrected chi connectivity index (χ1v) is 11.4. The van der Waals surface area contributed by atoms with E-state index in [2.05, 4.69) is 20.9 Å². The molecule has 7 rings (SSSR count). The lowest BCUT2D eigenvalue weighted by atomic mass is 9.90. The normalized spacial score (nSPS) is 21.3. The van der Waals surface area contributed by atoms with E-state index in [1.165, 1.54) is 11.3 Å². The Labute approximate surface area is 183 Å². The molecule has 2 bridgehead atoms. The van der Waals surface area contributed by atoms with Crippen LogP contribution in [-0.4, -0.2) is 50.8 Å². The Morgan fingerprint density at radius 3 is 2.94 bits per heavy atom. The van der Waals surface area contributed by atoms with Gasteiger partial charge in [0.05, 0.1) is 11.2 Å². The monoisotopic (exact) mass is 434 g/mol. The molecule has 3 aliphatic rings. The fourth-order valence-electron chi connectivity index (χ4n) is 4.80. The number of fused-ring (bicyclic) bond motifs is 5. The van der Waals surface area contributed by atoms with Gasteiger partial charge in [0.1, 0.15) is 17.1 Å². The number of ether oxygens (including phenoxy) is 1. The van der Waals surface area contributed by atoms with E-state index < -0.39 is 0 Å². The summed E-state index contributed by atoms with van der Waals surface area (Å²) in [6.45, 7) is 4.19. The van der Waals surface area contributed by atoms with Gasteiger partial charge in [-0.05, 0) is 43.2 Å². The van der Waals surface area contributed by atoms with Gasteiger partial charge in [0.15, 0.2) is 5.65 Å². The fourth-order valence-corrected chi connectivity index (χ4v) is 5.59. The summed E-state index contributed by atoms with van der Waals surface area (Å²) in [6.07, 6.45) is 3.97. The molecule has 3 saturated heterocycles. The summed E-state index contributed by atoms with van der Waals surface area (Å²) in [4.78, 5) is 25.0. The number of piperazine rings is 1. The van der Waals surface area contributed by atoms with Crippen LogP contribution < -0.4 is 4.74 Å². The number of amides is 1. The van der Waals surface area contributed by atoms with Crippen LogP contribution in [0.4, 0.5) is 0 Å². The first kappa shape index (κ1) is 18.8. The van der Waals surface area contributed by atoms with Crippen molar-refractivity contribution in [1.82, 2.24) is 19.8 Å². The van der Waals surface area contributed by atoms with Crippen LogP contribution in [0.2, 0.25) is 0 Å². The summed E-state index contributed by atoms with van der Waals surface area (Å²) in [5, 5.41) is 1.63. The molecule has 2 atom stereocenters. The first-order valence-electron chi connectivity index (χ1n) is 10.6. The van der Waals surface area contributed by atoms with Gasteiger partial charge in [0.25, 0.3) is 5.19 Å². The van der Waals surface area contributed by atoms with Gasteiger partial charge < -0.3 is 14.1 Å². The van der Waals surface area contributed by atoms with Crippen LogP contribution >= 0.6 is 11.3 Å². The largest absolute Gasteiger partial charge is 0.460 e. The van der Waals surface area contributed by atoms with E-state index in [0.717, 1.165) is 53.9 Å². The topological polar surface area (TPSA) is 71.7 Å². The van der Waals surface area contributed by atoms with E-state index in [-0.39, 0.29) is 5.91 Å². The molecule has 0 aliphatic carbocycles. The molecule has 0 radical (unpaired) electrons. The summed E-state index contributed by atoms with van der Waals surface area (Å²) >= 11 is 1.47. The van der Waals surface area contributed by atoms with Crippen LogP contribution in [0.15, 0.2) is 47.0 Å². The number of benzene rings is 1. The third-order valence-corrected chi connectivity index (χ3v) is 7.19. The number of aromatic nitrogens is 2. The molecule has 0 saturated carbocycles. The molecule has 3 fully saturated rings. The van der Waals surface area contributed by atoms with Crippen molar-refractivity contribution in [2.24, 2.45) is 0 Å². The van der Waals surface area contributed by atoms with E-state index in [0.29, 0.717) is 28.7 Å². The number of hydrogen-bond acceptors (Lipinski definition) is 7. The predicted molar refractivity (Wildman–Crippen MR) is 118 cm³/mol. The molecular formula is C23H22N4O3S. The highest BCUT2D eigenvalue weighted by Crippen LogP contribution is 2.34. The summed E-state index contributed by atoms with van der Waals surface area (Å²) in [7, 11) is 0. The van der Waals surface area contributed by atoms with Crippen molar-refractivity contribution in [2.75, 3.05) is 13.1 Å². The van der Waals surface area contributed by atoms with Gasteiger partial charge in [0.2, 0.25) is 5.91 Å². The van der Waals surface area contributed by atoms with E-state index in [1.807, 2.05) is 35.2 Å². The Kier molecular flexibility index (Phi) is 4.43. The molecule has 158 valence electrons. The van der Waals surface area contributed by atoms with E-state index >= 15 is 0 Å². The lowest BCUT2D eigenvalue weighted by Gasteiger charge is -2.51. The minimum Gasteiger partial charge on any atom is -0.460 e. The second kappa shape index (κ2) is 7.32. The smallest absolute Gasteiger partial charge is 0.281 e. The van der Waals surface area contributed by atoms with Gasteiger partial charge in [-0.3, -0.25) is 9.69 Å². The van der Waals surface area contributed by atoms with Gasteiger partial charge >= 0.3 is 0 Å². The number of nitrogens with zero attached hydrogens (tertiary/aromatic N) is 4. The predicted octanol–water partition coefficient (Wildman–Crippen LogP) is 4.42. The van der Waals surface area contributed by atoms with Crippen LogP contribution in [-0.2, 0) is 11.3 Å². The van der Waals surface area contributed by atoms with Crippen LogP contribution in [0.5, 0.6) is 10.9 Å². The van der Waals surface area contributed by atoms with Gasteiger partial charge in [-0.2, -0.15) is 4.98 Å². The molecule has 8 heteroatoms. The molecule has 7 nitrogen and oxygen atoms in total. The molecule has 4 aromatic rings. The zero-order valence-electron chi connectivity index (χ0n) is 17.2. The molecule has 0 unspecified atom stereocenters. The quantitative estimate of drug-likeness (QED) is 0.473. The zero-order chi connectivity index (χ0) is 20.9. The van der Waals surface area contributed by atoms with Crippen LogP contribution in [0, 0.1) is 0 Å². The highest BCUT2D eigenvalue weighted by molar-refractivity contribution is 7.20. The minimum atomic E-state index is 0.189. The summed E-state index contributed by atoms with van der Waals surface area (Å²) in [5.41, 5.74) is 1.50. The van der Waals surface area contributed by atoms with Crippen molar-refractivity contribution < 1.29 is 13.9 Å². The van der Waals surface area contributed by atoms with Gasteiger partial charge in [-0.1, -0.05) is 11.3 Å². The average Bonchev–Trinajstić information content (AvgIpc) is 3.36. The van der Waals surface area contributed by atoms with E-state index in [1.54, 1.807) is 13.1 Å². The standard InChI is InChI=1S/C23H22N4O3S/c1-14(28)27-12-16-5-6-17(27)11-26(16)13-19-9-15-4-7-18(10-20(15)29-19)30-23-25-22-21(31-23)3-2-8-24-22/h2-4,7-10,16-17H,5-6,11-13H2,1H3/t16-,17-/m0/s1. The second-order valence-electron chi connectivity index (χ2n) is 8.31. The van der Waals surface area contributed by atoms with Crippen molar-refractivity contribution in [3.05, 3.63) is 48.4 Å². The number of carbonyl (C=O) groups is 1. The highest BCUT2D eigenvalue weighted by Gasteiger charge is 2.40. The van der Waals surface area contributed by atoms with Crippen molar-refractivity contribution >= 4 is 38.6 Å². The third-order valence-electron chi connectivity index (χ3n) is 6.30. The summed E-state index contributed by atoms with van der Waals surface area (Å²) < 4.78 is 13.1. The number of furan rings is 1. The lowest BCUT2D eigenvalue weighted by Crippen LogP contribution is -2.63. The molecule has 6 heterocycles. The average molecular weight is 435 g/mol. The van der Waals surface area contributed by atoms with Crippen molar-refractivity contribution in [2.45, 2.75) is 38.4 Å². The zero-order valence-corrected chi connectivity index (χ0v) is 18.0. The van der Waals surface area contributed by atoms with E-state index in [9.17, 15) is 4.79 Å².